The van der Waals surface area contributed by atoms with Crippen LogP contribution in [-0.4, -0.2) is 18.0 Å². The van der Waals surface area contributed by atoms with Gasteiger partial charge in [0.25, 0.3) is 0 Å². The van der Waals surface area contributed by atoms with Crippen molar-refractivity contribution >= 4 is 0 Å². The Balaban J connectivity index is 3.11. The van der Waals surface area contributed by atoms with E-state index < -0.39 is 6.29 Å². The van der Waals surface area contributed by atoms with Gasteiger partial charge in [-0.15, -0.1) is 0 Å². The maximum Gasteiger partial charge on any atom is 0.154 e. The number of aliphatic hydroxyl groups excluding tert-OH is 1. The van der Waals surface area contributed by atoms with Crippen LogP contribution in [0.25, 0.3) is 0 Å². The molecule has 2 nitrogen and oxygen atoms in total. The molecular formula is C34H70O2. The zero-order valence-corrected chi connectivity index (χ0v) is 25.4. The summed E-state index contributed by atoms with van der Waals surface area (Å²) in [7, 11) is 0. The van der Waals surface area contributed by atoms with Crippen molar-refractivity contribution in [2.45, 2.75) is 213 Å². The van der Waals surface area contributed by atoms with Gasteiger partial charge in [0.2, 0.25) is 0 Å². The molecule has 0 radical (unpaired) electrons. The van der Waals surface area contributed by atoms with Gasteiger partial charge in [-0.2, -0.15) is 0 Å². The molecule has 0 saturated carbocycles. The van der Waals surface area contributed by atoms with E-state index in [0.717, 1.165) is 25.9 Å². The molecule has 0 aliphatic rings. The quantitative estimate of drug-likeness (QED) is 0.0720. The SMILES string of the molecule is CCCCCCCCCCCCCCCCCCCCCCOC(O)CCCCCCCCCCC. The molecule has 0 aliphatic carbocycles. The number of unbranched alkanes of at least 4 members (excludes halogenated alkanes) is 27. The first-order valence-electron chi connectivity index (χ1n) is 17.1. The lowest BCUT2D eigenvalue weighted by Gasteiger charge is -2.12. The summed E-state index contributed by atoms with van der Waals surface area (Å²) < 4.78 is 5.61. The molecule has 0 spiro atoms. The maximum absolute atomic E-state index is 9.99. The van der Waals surface area contributed by atoms with Crippen molar-refractivity contribution in [2.24, 2.45) is 0 Å². The summed E-state index contributed by atoms with van der Waals surface area (Å²) >= 11 is 0. The normalized spacial score (nSPS) is 12.4. The summed E-state index contributed by atoms with van der Waals surface area (Å²) in [6.45, 7) is 5.31. The van der Waals surface area contributed by atoms with Gasteiger partial charge in [-0.05, 0) is 19.3 Å². The lowest BCUT2D eigenvalue weighted by Crippen LogP contribution is -2.12. The Morgan fingerprint density at radius 1 is 0.361 bits per heavy atom. The minimum atomic E-state index is -0.533. The lowest BCUT2D eigenvalue weighted by atomic mass is 10.0. The molecule has 0 bridgehead atoms. The Hall–Kier alpha value is -0.0800. The molecule has 0 aromatic heterocycles. The first-order chi connectivity index (χ1) is 17.8. The van der Waals surface area contributed by atoms with E-state index in [2.05, 4.69) is 13.8 Å². The van der Waals surface area contributed by atoms with E-state index in [9.17, 15) is 5.11 Å². The van der Waals surface area contributed by atoms with Gasteiger partial charge in [0.1, 0.15) is 0 Å². The second-order valence-corrected chi connectivity index (χ2v) is 11.7. The predicted molar refractivity (Wildman–Crippen MR) is 162 cm³/mol. The van der Waals surface area contributed by atoms with E-state index in [1.54, 1.807) is 0 Å². The van der Waals surface area contributed by atoms with E-state index in [0.29, 0.717) is 0 Å². The van der Waals surface area contributed by atoms with Crippen molar-refractivity contribution in [3.05, 3.63) is 0 Å². The zero-order valence-electron chi connectivity index (χ0n) is 25.4. The minimum absolute atomic E-state index is 0.533. The van der Waals surface area contributed by atoms with Crippen LogP contribution < -0.4 is 0 Å². The number of hydrogen-bond donors (Lipinski definition) is 1. The molecule has 2 heteroatoms. The van der Waals surface area contributed by atoms with Gasteiger partial charge in [-0.3, -0.25) is 0 Å². The van der Waals surface area contributed by atoms with Crippen LogP contribution in [0.5, 0.6) is 0 Å². The average Bonchev–Trinajstić information content (AvgIpc) is 2.88. The van der Waals surface area contributed by atoms with Gasteiger partial charge < -0.3 is 9.84 Å². The zero-order chi connectivity index (χ0) is 26.2. The van der Waals surface area contributed by atoms with E-state index in [-0.39, 0.29) is 0 Å². The molecule has 0 aromatic carbocycles. The molecule has 0 fully saturated rings. The van der Waals surface area contributed by atoms with E-state index >= 15 is 0 Å². The smallest absolute Gasteiger partial charge is 0.154 e. The van der Waals surface area contributed by atoms with Crippen LogP contribution in [0.3, 0.4) is 0 Å². The molecule has 36 heavy (non-hydrogen) atoms. The van der Waals surface area contributed by atoms with Crippen molar-refractivity contribution in [3.8, 4) is 0 Å². The second-order valence-electron chi connectivity index (χ2n) is 11.7. The van der Waals surface area contributed by atoms with Crippen LogP contribution in [0.4, 0.5) is 0 Å². The third-order valence-electron chi connectivity index (χ3n) is 7.86. The first-order valence-corrected chi connectivity index (χ1v) is 17.1. The molecule has 218 valence electrons. The number of ether oxygens (including phenoxy) is 1. The molecule has 1 atom stereocenters. The Morgan fingerprint density at radius 3 is 0.917 bits per heavy atom. The molecule has 1 unspecified atom stereocenters. The number of hydrogen-bond acceptors (Lipinski definition) is 2. The molecule has 0 saturated heterocycles. The predicted octanol–water partition coefficient (Wildman–Crippen LogP) is 12.1. The molecule has 0 aliphatic heterocycles. The summed E-state index contributed by atoms with van der Waals surface area (Å²) in [6, 6.07) is 0. The van der Waals surface area contributed by atoms with Crippen LogP contribution in [-0.2, 0) is 4.74 Å². The van der Waals surface area contributed by atoms with Crippen molar-refractivity contribution in [1.29, 1.82) is 0 Å². The van der Waals surface area contributed by atoms with Crippen molar-refractivity contribution in [2.75, 3.05) is 6.61 Å². The Bertz CT molecular complexity index is 370. The summed E-state index contributed by atoms with van der Waals surface area (Å²) in [5, 5.41) is 9.99. The second kappa shape index (κ2) is 32.9. The number of aliphatic hydroxyl groups is 1. The van der Waals surface area contributed by atoms with E-state index in [1.807, 2.05) is 0 Å². The van der Waals surface area contributed by atoms with Crippen LogP contribution in [0.1, 0.15) is 206 Å². The van der Waals surface area contributed by atoms with Gasteiger partial charge >= 0.3 is 0 Å². The molecule has 0 rings (SSSR count). The lowest BCUT2D eigenvalue weighted by molar-refractivity contribution is -0.105. The molecule has 1 N–H and O–H groups in total. The summed E-state index contributed by atoms with van der Waals surface area (Å²) in [5.41, 5.74) is 0. The highest BCUT2D eigenvalue weighted by molar-refractivity contribution is 4.52. The topological polar surface area (TPSA) is 29.5 Å². The summed E-state index contributed by atoms with van der Waals surface area (Å²) in [5.74, 6) is 0. The van der Waals surface area contributed by atoms with Gasteiger partial charge in [0, 0.05) is 6.61 Å². The van der Waals surface area contributed by atoms with Crippen LogP contribution in [0, 0.1) is 0 Å². The third kappa shape index (κ3) is 31.9. The summed E-state index contributed by atoms with van der Waals surface area (Å²) in [6.07, 6.45) is 40.4. The molecule has 0 heterocycles. The van der Waals surface area contributed by atoms with Gasteiger partial charge in [0.05, 0.1) is 0 Å². The molecule has 0 aromatic rings. The van der Waals surface area contributed by atoms with Gasteiger partial charge in [-0.1, -0.05) is 187 Å². The Kier molecular flexibility index (Phi) is 32.9. The van der Waals surface area contributed by atoms with Crippen LogP contribution >= 0.6 is 0 Å². The van der Waals surface area contributed by atoms with Crippen LogP contribution in [0.15, 0.2) is 0 Å². The largest absolute Gasteiger partial charge is 0.368 e. The fourth-order valence-corrected chi connectivity index (χ4v) is 5.29. The first kappa shape index (κ1) is 35.9. The monoisotopic (exact) mass is 511 g/mol. The molecular weight excluding hydrogens is 440 g/mol. The van der Waals surface area contributed by atoms with Gasteiger partial charge in [-0.25, -0.2) is 0 Å². The minimum Gasteiger partial charge on any atom is -0.368 e. The van der Waals surface area contributed by atoms with E-state index in [4.69, 9.17) is 4.74 Å². The van der Waals surface area contributed by atoms with E-state index in [1.165, 1.54) is 173 Å². The third-order valence-corrected chi connectivity index (χ3v) is 7.86. The van der Waals surface area contributed by atoms with Crippen LogP contribution in [0.2, 0.25) is 0 Å². The fourth-order valence-electron chi connectivity index (χ4n) is 5.29. The number of rotatable bonds is 32. The Morgan fingerprint density at radius 2 is 0.611 bits per heavy atom. The highest BCUT2D eigenvalue weighted by Gasteiger charge is 2.03. The highest BCUT2D eigenvalue weighted by atomic mass is 16.6. The fraction of sp³-hybridized carbons (Fsp3) is 1.00. The summed E-state index contributed by atoms with van der Waals surface area (Å²) in [4.78, 5) is 0. The van der Waals surface area contributed by atoms with Gasteiger partial charge in [0.15, 0.2) is 6.29 Å². The average molecular weight is 511 g/mol. The van der Waals surface area contributed by atoms with Crippen molar-refractivity contribution in [1.82, 2.24) is 0 Å². The van der Waals surface area contributed by atoms with Crippen molar-refractivity contribution in [3.63, 3.8) is 0 Å². The highest BCUT2D eigenvalue weighted by Crippen LogP contribution is 2.15. The maximum atomic E-state index is 9.99. The Labute approximate surface area is 229 Å². The standard InChI is InChI=1S/C34H70O2/c1-3-5-7-9-11-13-14-15-16-17-18-19-20-21-22-23-25-27-29-31-33-36-34(35)32-30-28-26-24-12-10-8-6-4-2/h34-35H,3-33H2,1-2H3. The molecule has 0 amide bonds. The van der Waals surface area contributed by atoms with Crippen molar-refractivity contribution < 1.29 is 9.84 Å².